The Morgan fingerprint density at radius 3 is 2.62 bits per heavy atom. The van der Waals surface area contributed by atoms with Gasteiger partial charge < -0.3 is 15.4 Å². The summed E-state index contributed by atoms with van der Waals surface area (Å²) in [4.78, 5) is 26.2. The molecular formula is C16H16N6O5S2. The first-order valence-electron chi connectivity index (χ1n) is 8.26. The minimum Gasteiger partial charge on any atom is -0.358 e. The average molecular weight is 436 g/mol. The molecule has 13 heteroatoms. The van der Waals surface area contributed by atoms with Gasteiger partial charge in [0.05, 0.1) is 28.3 Å². The maximum atomic E-state index is 12.3. The smallest absolute Gasteiger partial charge is 0.358 e. The standard InChI is InChI=1S/C16H16N6O5S2/c1-11-10-14(22(24)25)19-21(11)8-6-15(23)18-12-2-4-13(5-3-12)29(26,27)20-16-17-7-9-28-16/h2-5,7,9-10H,6,8H2,1H3,(H,17,20)(H,18,23). The molecule has 3 aromatic rings. The SMILES string of the molecule is Cc1cc([N+](=O)[O-])nn1CCC(=O)Nc1ccc(S(=O)(=O)Nc2nccs2)cc1. The van der Waals surface area contributed by atoms with Crippen molar-refractivity contribution in [3.63, 3.8) is 0 Å². The first-order chi connectivity index (χ1) is 13.7. The molecule has 0 saturated heterocycles. The van der Waals surface area contributed by atoms with Crippen molar-refractivity contribution in [1.82, 2.24) is 14.8 Å². The molecule has 0 saturated carbocycles. The number of thiazole rings is 1. The summed E-state index contributed by atoms with van der Waals surface area (Å²) in [5, 5.41) is 19.1. The third kappa shape index (κ3) is 5.14. The molecule has 0 unspecified atom stereocenters. The largest absolute Gasteiger partial charge is 0.390 e. The predicted octanol–water partition coefficient (Wildman–Crippen LogP) is 2.39. The quantitative estimate of drug-likeness (QED) is 0.406. The van der Waals surface area contributed by atoms with Crippen LogP contribution in [-0.4, -0.2) is 34.0 Å². The Balaban J connectivity index is 1.58. The molecule has 0 radical (unpaired) electrons. The fourth-order valence-electron chi connectivity index (χ4n) is 2.40. The highest BCUT2D eigenvalue weighted by Crippen LogP contribution is 2.19. The Morgan fingerprint density at radius 2 is 2.03 bits per heavy atom. The number of anilines is 2. The number of rotatable bonds is 8. The molecule has 0 bridgehead atoms. The van der Waals surface area contributed by atoms with E-state index in [9.17, 15) is 23.3 Å². The van der Waals surface area contributed by atoms with E-state index in [1.54, 1.807) is 12.3 Å². The van der Waals surface area contributed by atoms with Gasteiger partial charge in [-0.3, -0.25) is 9.52 Å². The molecule has 0 atom stereocenters. The van der Waals surface area contributed by atoms with Crippen LogP contribution in [0.2, 0.25) is 0 Å². The van der Waals surface area contributed by atoms with Crippen LogP contribution >= 0.6 is 11.3 Å². The molecule has 0 spiro atoms. The van der Waals surface area contributed by atoms with Gasteiger partial charge in [0.25, 0.3) is 10.0 Å². The van der Waals surface area contributed by atoms with Gasteiger partial charge >= 0.3 is 5.82 Å². The molecule has 0 fully saturated rings. The van der Waals surface area contributed by atoms with Crippen molar-refractivity contribution in [1.29, 1.82) is 0 Å². The van der Waals surface area contributed by atoms with E-state index in [2.05, 4.69) is 20.1 Å². The molecule has 0 aliphatic heterocycles. The van der Waals surface area contributed by atoms with Crippen LogP contribution in [0.15, 0.2) is 46.8 Å². The Kier molecular flexibility index (Phi) is 5.89. The van der Waals surface area contributed by atoms with Crippen molar-refractivity contribution in [2.75, 3.05) is 10.0 Å². The molecule has 11 nitrogen and oxygen atoms in total. The van der Waals surface area contributed by atoms with Gasteiger partial charge in [0.1, 0.15) is 0 Å². The third-order valence-corrected chi connectivity index (χ3v) is 5.98. The first kappa shape index (κ1) is 20.4. The van der Waals surface area contributed by atoms with Gasteiger partial charge in [0.2, 0.25) is 5.91 Å². The predicted molar refractivity (Wildman–Crippen MR) is 106 cm³/mol. The normalized spacial score (nSPS) is 11.2. The monoisotopic (exact) mass is 436 g/mol. The zero-order chi connectivity index (χ0) is 21.0. The Labute approximate surface area is 169 Å². The second-order valence-corrected chi connectivity index (χ2v) is 8.47. The van der Waals surface area contributed by atoms with E-state index in [1.165, 1.54) is 41.2 Å². The first-order valence-corrected chi connectivity index (χ1v) is 10.6. The van der Waals surface area contributed by atoms with Crippen molar-refractivity contribution < 1.29 is 18.1 Å². The van der Waals surface area contributed by atoms with E-state index in [0.29, 0.717) is 11.4 Å². The zero-order valence-corrected chi connectivity index (χ0v) is 16.7. The molecule has 2 heterocycles. The molecule has 2 N–H and O–H groups in total. The summed E-state index contributed by atoms with van der Waals surface area (Å²) in [6, 6.07) is 7.01. The lowest BCUT2D eigenvalue weighted by Gasteiger charge is -2.08. The highest BCUT2D eigenvalue weighted by molar-refractivity contribution is 7.93. The van der Waals surface area contributed by atoms with Crippen LogP contribution < -0.4 is 10.0 Å². The summed E-state index contributed by atoms with van der Waals surface area (Å²) in [5.41, 5.74) is 0.998. The highest BCUT2D eigenvalue weighted by Gasteiger charge is 2.17. The van der Waals surface area contributed by atoms with Crippen molar-refractivity contribution in [2.24, 2.45) is 0 Å². The summed E-state index contributed by atoms with van der Waals surface area (Å²) in [5.74, 6) is -0.606. The van der Waals surface area contributed by atoms with E-state index in [1.807, 2.05) is 0 Å². The molecule has 0 aliphatic rings. The number of sulfonamides is 1. The number of carbonyl (C=O) groups is 1. The van der Waals surface area contributed by atoms with E-state index < -0.39 is 14.9 Å². The summed E-state index contributed by atoms with van der Waals surface area (Å²) < 4.78 is 28.3. The number of aryl methyl sites for hydroxylation is 2. The minimum atomic E-state index is -3.77. The topological polar surface area (TPSA) is 149 Å². The number of nitrogens with zero attached hydrogens (tertiary/aromatic N) is 4. The number of hydrogen-bond acceptors (Lipinski definition) is 8. The molecule has 0 aliphatic carbocycles. The van der Waals surface area contributed by atoms with Crippen LogP contribution in [0.25, 0.3) is 0 Å². The maximum absolute atomic E-state index is 12.3. The van der Waals surface area contributed by atoms with Crippen LogP contribution in [-0.2, 0) is 21.4 Å². The van der Waals surface area contributed by atoms with Crippen LogP contribution in [0.4, 0.5) is 16.6 Å². The third-order valence-electron chi connectivity index (χ3n) is 3.81. The van der Waals surface area contributed by atoms with Crippen LogP contribution in [0.3, 0.4) is 0 Å². The molecule has 1 aromatic carbocycles. The second kappa shape index (κ2) is 8.36. The van der Waals surface area contributed by atoms with E-state index in [4.69, 9.17) is 0 Å². The lowest BCUT2D eigenvalue weighted by Crippen LogP contribution is -2.16. The van der Waals surface area contributed by atoms with Gasteiger partial charge in [-0.2, -0.15) is 4.68 Å². The summed E-state index contributed by atoms with van der Waals surface area (Å²) in [6.07, 6.45) is 1.54. The molecular weight excluding hydrogens is 420 g/mol. The van der Waals surface area contributed by atoms with Gasteiger partial charge in [-0.15, -0.1) is 11.3 Å². The fourth-order valence-corrected chi connectivity index (χ4v) is 4.19. The van der Waals surface area contributed by atoms with Gasteiger partial charge in [0.15, 0.2) is 5.13 Å². The van der Waals surface area contributed by atoms with Crippen molar-refractivity contribution in [2.45, 2.75) is 24.8 Å². The van der Waals surface area contributed by atoms with E-state index >= 15 is 0 Å². The number of amides is 1. The molecule has 152 valence electrons. The lowest BCUT2D eigenvalue weighted by atomic mass is 10.3. The van der Waals surface area contributed by atoms with Gasteiger partial charge in [-0.25, -0.2) is 13.4 Å². The summed E-state index contributed by atoms with van der Waals surface area (Å²) in [6.45, 7) is 1.84. The number of hydrogen-bond donors (Lipinski definition) is 2. The van der Waals surface area contributed by atoms with E-state index in [-0.39, 0.29) is 34.7 Å². The molecule has 29 heavy (non-hydrogen) atoms. The van der Waals surface area contributed by atoms with Crippen molar-refractivity contribution >= 4 is 43.9 Å². The molecule has 3 rings (SSSR count). The highest BCUT2D eigenvalue weighted by atomic mass is 32.2. The maximum Gasteiger partial charge on any atom is 0.390 e. The van der Waals surface area contributed by atoms with Crippen molar-refractivity contribution in [3.05, 3.63) is 57.7 Å². The van der Waals surface area contributed by atoms with Crippen LogP contribution in [0, 0.1) is 17.0 Å². The number of nitrogens with one attached hydrogen (secondary N) is 2. The van der Waals surface area contributed by atoms with Crippen LogP contribution in [0.5, 0.6) is 0 Å². The minimum absolute atomic E-state index is 0.0326. The average Bonchev–Trinajstić information content (AvgIpc) is 3.29. The van der Waals surface area contributed by atoms with Crippen molar-refractivity contribution in [3.8, 4) is 0 Å². The lowest BCUT2D eigenvalue weighted by molar-refractivity contribution is -0.389. The van der Waals surface area contributed by atoms with Gasteiger partial charge in [0, 0.05) is 23.7 Å². The number of benzene rings is 1. The zero-order valence-electron chi connectivity index (χ0n) is 15.1. The van der Waals surface area contributed by atoms with Crippen LogP contribution in [0.1, 0.15) is 12.1 Å². The van der Waals surface area contributed by atoms with E-state index in [0.717, 1.165) is 11.3 Å². The molecule has 2 aromatic heterocycles. The van der Waals surface area contributed by atoms with Gasteiger partial charge in [-0.1, -0.05) is 0 Å². The Bertz CT molecular complexity index is 1120. The Hall–Kier alpha value is -3.32. The van der Waals surface area contributed by atoms with Gasteiger partial charge in [-0.05, 0) is 36.1 Å². The number of carbonyl (C=O) groups excluding carboxylic acids is 1. The number of nitro groups is 1. The Morgan fingerprint density at radius 1 is 1.31 bits per heavy atom. The molecule has 1 amide bonds. The summed E-state index contributed by atoms with van der Waals surface area (Å²) in [7, 11) is -3.77. The fraction of sp³-hybridized carbons (Fsp3) is 0.188. The number of aromatic nitrogens is 3. The second-order valence-electron chi connectivity index (χ2n) is 5.89. The summed E-state index contributed by atoms with van der Waals surface area (Å²) >= 11 is 1.16.